The van der Waals surface area contributed by atoms with E-state index >= 15 is 0 Å². The lowest BCUT2D eigenvalue weighted by Gasteiger charge is -2.03. The van der Waals surface area contributed by atoms with Crippen LogP contribution in [0.1, 0.15) is 5.01 Å². The van der Waals surface area contributed by atoms with Gasteiger partial charge in [0, 0.05) is 18.5 Å². The van der Waals surface area contributed by atoms with Gasteiger partial charge in [0.25, 0.3) is 0 Å². The van der Waals surface area contributed by atoms with Gasteiger partial charge in [0.1, 0.15) is 15.8 Å². The van der Waals surface area contributed by atoms with Crippen molar-refractivity contribution in [2.45, 2.75) is 6.42 Å². The molecule has 1 N–H and O–H groups in total. The molecule has 2 aromatic rings. The quantitative estimate of drug-likeness (QED) is 0.917. The molecule has 0 atom stereocenters. The van der Waals surface area contributed by atoms with Gasteiger partial charge in [-0.3, -0.25) is 0 Å². The average molecular weight is 328 g/mol. The summed E-state index contributed by atoms with van der Waals surface area (Å²) >= 11 is 5.10. The molecule has 18 heavy (non-hydrogen) atoms. The Labute approximate surface area is 119 Å². The minimum absolute atomic E-state index is 0.818. The molecule has 0 aliphatic rings. The van der Waals surface area contributed by atoms with Crippen LogP contribution in [0.2, 0.25) is 0 Å². The van der Waals surface area contributed by atoms with Crippen LogP contribution in [0.3, 0.4) is 0 Å². The number of methoxy groups -OCH3 is 1. The third kappa shape index (κ3) is 3.07. The highest BCUT2D eigenvalue weighted by Gasteiger charge is 2.08. The molecule has 1 aromatic carbocycles. The molecular weight excluding hydrogens is 314 g/mol. The molecule has 0 aliphatic heterocycles. The first-order valence-corrected chi connectivity index (χ1v) is 7.16. The van der Waals surface area contributed by atoms with Gasteiger partial charge in [-0.25, -0.2) is 0 Å². The Morgan fingerprint density at radius 1 is 1.39 bits per heavy atom. The molecule has 96 valence electrons. The van der Waals surface area contributed by atoms with E-state index in [0.717, 1.165) is 38.8 Å². The molecule has 4 nitrogen and oxygen atoms in total. The highest BCUT2D eigenvalue weighted by Crippen LogP contribution is 2.31. The van der Waals surface area contributed by atoms with Gasteiger partial charge in [-0.05, 0) is 41.2 Å². The average Bonchev–Trinajstić information content (AvgIpc) is 2.85. The predicted molar refractivity (Wildman–Crippen MR) is 77.2 cm³/mol. The van der Waals surface area contributed by atoms with Gasteiger partial charge in [-0.15, -0.1) is 10.2 Å². The van der Waals surface area contributed by atoms with Gasteiger partial charge in [0.05, 0.1) is 11.6 Å². The Kier molecular flexibility index (Phi) is 4.68. The van der Waals surface area contributed by atoms with Crippen molar-refractivity contribution >= 4 is 27.3 Å². The maximum atomic E-state index is 5.21. The Morgan fingerprint density at radius 3 is 2.89 bits per heavy atom. The highest BCUT2D eigenvalue weighted by molar-refractivity contribution is 9.10. The zero-order valence-electron chi connectivity index (χ0n) is 10.2. The Balaban J connectivity index is 2.20. The predicted octanol–water partition coefficient (Wildman–Crippen LogP) is 2.74. The van der Waals surface area contributed by atoms with Crippen molar-refractivity contribution in [1.29, 1.82) is 0 Å². The number of aromatic nitrogens is 2. The summed E-state index contributed by atoms with van der Waals surface area (Å²) in [5.74, 6) is 0.818. The summed E-state index contributed by atoms with van der Waals surface area (Å²) in [5.41, 5.74) is 1.05. The van der Waals surface area contributed by atoms with Gasteiger partial charge in [-0.2, -0.15) is 0 Å². The van der Waals surface area contributed by atoms with Crippen LogP contribution >= 0.6 is 27.3 Å². The normalized spacial score (nSPS) is 10.6. The molecule has 0 saturated carbocycles. The second-order valence-electron chi connectivity index (χ2n) is 3.70. The highest BCUT2D eigenvalue weighted by atomic mass is 79.9. The monoisotopic (exact) mass is 327 g/mol. The van der Waals surface area contributed by atoms with Crippen LogP contribution in [0.5, 0.6) is 5.75 Å². The van der Waals surface area contributed by atoms with E-state index in [4.69, 9.17) is 4.74 Å². The smallest absolute Gasteiger partial charge is 0.147 e. The van der Waals surface area contributed by atoms with Crippen LogP contribution in [0, 0.1) is 0 Å². The molecule has 1 heterocycles. The summed E-state index contributed by atoms with van der Waals surface area (Å²) in [7, 11) is 3.59. The first kappa shape index (κ1) is 13.5. The third-order valence-corrected chi connectivity index (χ3v) is 4.11. The molecule has 0 spiro atoms. The number of likely N-dealkylation sites (N-methyl/N-ethyl adjacent to an activating group) is 1. The van der Waals surface area contributed by atoms with Crippen LogP contribution in [0.25, 0.3) is 10.6 Å². The lowest BCUT2D eigenvalue weighted by molar-refractivity contribution is 0.412. The number of nitrogens with one attached hydrogen (secondary N) is 1. The Bertz CT molecular complexity index is 530. The minimum atomic E-state index is 0.818. The number of rotatable bonds is 5. The standard InChI is InChI=1S/C12H14BrN3OS/c1-14-6-5-11-15-16-12(18-11)8-3-4-10(17-2)9(13)7-8/h3-4,7,14H,5-6H2,1-2H3. The van der Waals surface area contributed by atoms with Crippen molar-refractivity contribution in [2.75, 3.05) is 20.7 Å². The molecule has 0 saturated heterocycles. The Hall–Kier alpha value is -0.980. The van der Waals surface area contributed by atoms with E-state index in [1.165, 1.54) is 0 Å². The summed E-state index contributed by atoms with van der Waals surface area (Å²) in [6.07, 6.45) is 0.908. The second kappa shape index (κ2) is 6.26. The molecule has 1 aromatic heterocycles. The van der Waals surface area contributed by atoms with E-state index in [2.05, 4.69) is 31.4 Å². The van der Waals surface area contributed by atoms with Gasteiger partial charge < -0.3 is 10.1 Å². The van der Waals surface area contributed by atoms with E-state index in [1.54, 1.807) is 18.4 Å². The van der Waals surface area contributed by atoms with Crippen LogP contribution in [0.15, 0.2) is 22.7 Å². The van der Waals surface area contributed by atoms with E-state index in [0.29, 0.717) is 0 Å². The minimum Gasteiger partial charge on any atom is -0.496 e. The zero-order valence-corrected chi connectivity index (χ0v) is 12.6. The number of benzene rings is 1. The number of hydrogen-bond donors (Lipinski definition) is 1. The number of nitrogens with zero attached hydrogens (tertiary/aromatic N) is 2. The summed E-state index contributed by atoms with van der Waals surface area (Å²) in [5, 5.41) is 13.5. The summed E-state index contributed by atoms with van der Waals surface area (Å²) in [6.45, 7) is 0.918. The lowest BCUT2D eigenvalue weighted by atomic mass is 10.2. The van der Waals surface area contributed by atoms with Crippen LogP contribution in [0.4, 0.5) is 0 Å². The third-order valence-electron chi connectivity index (χ3n) is 2.45. The SMILES string of the molecule is CNCCc1nnc(-c2ccc(OC)c(Br)c2)s1. The van der Waals surface area contributed by atoms with Gasteiger partial charge in [0.15, 0.2) is 0 Å². The van der Waals surface area contributed by atoms with Gasteiger partial charge in [0.2, 0.25) is 0 Å². The van der Waals surface area contributed by atoms with Crippen LogP contribution < -0.4 is 10.1 Å². The van der Waals surface area contributed by atoms with Gasteiger partial charge in [-0.1, -0.05) is 11.3 Å². The molecule has 2 rings (SSSR count). The first-order valence-electron chi connectivity index (χ1n) is 5.55. The van der Waals surface area contributed by atoms with Crippen molar-refractivity contribution in [3.05, 3.63) is 27.7 Å². The largest absolute Gasteiger partial charge is 0.496 e. The van der Waals surface area contributed by atoms with Crippen molar-refractivity contribution < 1.29 is 4.74 Å². The molecule has 0 amide bonds. The Morgan fingerprint density at radius 2 is 2.22 bits per heavy atom. The molecule has 0 unspecified atom stereocenters. The van der Waals surface area contributed by atoms with E-state index in [9.17, 15) is 0 Å². The molecule has 0 radical (unpaired) electrons. The summed E-state index contributed by atoms with van der Waals surface area (Å²) in [4.78, 5) is 0. The fraction of sp³-hybridized carbons (Fsp3) is 0.333. The summed E-state index contributed by atoms with van der Waals surface area (Å²) in [6, 6.07) is 5.92. The first-order chi connectivity index (χ1) is 8.74. The lowest BCUT2D eigenvalue weighted by Crippen LogP contribution is -2.09. The number of ether oxygens (including phenoxy) is 1. The van der Waals surface area contributed by atoms with Crippen molar-refractivity contribution in [1.82, 2.24) is 15.5 Å². The van der Waals surface area contributed by atoms with E-state index in [1.807, 2.05) is 25.2 Å². The van der Waals surface area contributed by atoms with Crippen LogP contribution in [-0.2, 0) is 6.42 Å². The number of hydrogen-bond acceptors (Lipinski definition) is 5. The van der Waals surface area contributed by atoms with E-state index < -0.39 is 0 Å². The molecule has 0 bridgehead atoms. The van der Waals surface area contributed by atoms with Crippen molar-refractivity contribution in [2.24, 2.45) is 0 Å². The van der Waals surface area contributed by atoms with E-state index in [-0.39, 0.29) is 0 Å². The van der Waals surface area contributed by atoms with Gasteiger partial charge >= 0.3 is 0 Å². The summed E-state index contributed by atoms with van der Waals surface area (Å²) < 4.78 is 6.13. The molecule has 0 fully saturated rings. The molecule has 6 heteroatoms. The molecular formula is C12H14BrN3OS. The molecule has 0 aliphatic carbocycles. The maximum Gasteiger partial charge on any atom is 0.147 e. The second-order valence-corrected chi connectivity index (χ2v) is 5.62. The van der Waals surface area contributed by atoms with Crippen molar-refractivity contribution in [3.63, 3.8) is 0 Å². The maximum absolute atomic E-state index is 5.21. The topological polar surface area (TPSA) is 47.0 Å². The fourth-order valence-electron chi connectivity index (χ4n) is 1.50. The van der Waals surface area contributed by atoms with Crippen molar-refractivity contribution in [3.8, 4) is 16.3 Å². The van der Waals surface area contributed by atoms with Crippen LogP contribution in [-0.4, -0.2) is 30.9 Å². The number of halogens is 1. The zero-order chi connectivity index (χ0) is 13.0. The fourth-order valence-corrected chi connectivity index (χ4v) is 2.88.